The van der Waals surface area contributed by atoms with Crippen LogP contribution in [-0.2, 0) is 0 Å². The molecule has 0 N–H and O–H groups in total. The van der Waals surface area contributed by atoms with Gasteiger partial charge in [0.05, 0.1) is 11.4 Å². The highest BCUT2D eigenvalue weighted by atomic mass is 28.3. The molecule has 292 valence electrons. The number of hydrogen-bond donors (Lipinski definition) is 0. The van der Waals surface area contributed by atoms with Crippen LogP contribution in [0, 0.1) is 0 Å². The topological polar surface area (TPSA) is 29.0 Å². The fourth-order valence-corrected chi connectivity index (χ4v) is 14.4. The minimum absolute atomic E-state index is 0.699. The van der Waals surface area contributed by atoms with Crippen molar-refractivity contribution in [1.82, 2.24) is 9.97 Å². The van der Waals surface area contributed by atoms with Crippen LogP contribution in [-0.4, -0.2) is 18.0 Å². The van der Waals surface area contributed by atoms with E-state index in [0.717, 1.165) is 33.8 Å². The van der Waals surface area contributed by atoms with Gasteiger partial charge in [0.15, 0.2) is 13.9 Å². The highest BCUT2D eigenvalue weighted by molar-refractivity contribution is 7.21. The Morgan fingerprint density at radius 3 is 1.18 bits per heavy atom. The second-order valence-corrected chi connectivity index (χ2v) is 19.5. The number of nitrogens with zero attached hydrogens (tertiary/aromatic N) is 3. The predicted octanol–water partition coefficient (Wildman–Crippen LogP) is 12.0. The molecule has 4 heteroatoms. The lowest BCUT2D eigenvalue weighted by Crippen LogP contribution is -2.77. The molecule has 0 amide bonds. The first-order valence-electron chi connectivity index (χ1n) is 21.2. The molecule has 1 aromatic heterocycles. The molecular formula is C58H41N3Si. The van der Waals surface area contributed by atoms with Gasteiger partial charge in [0, 0.05) is 33.8 Å². The summed E-state index contributed by atoms with van der Waals surface area (Å²) in [5.74, 6) is 0.699. The van der Waals surface area contributed by atoms with E-state index in [4.69, 9.17) is 9.97 Å². The SMILES string of the molecule is c1ccc(-c2ccc3c(c2)[Si](c2ccccc2)(c2ccccc2)c2cc(-c4ccccc4)ccc2N3c2cccc(-c3cc(-c4ccccc4)nc(-c4ccccc4)n3)c2)cc1. The number of fused-ring (bicyclic) bond motifs is 2. The Bertz CT molecular complexity index is 2970. The van der Waals surface area contributed by atoms with Gasteiger partial charge in [-0.15, -0.1) is 0 Å². The molecule has 0 bridgehead atoms. The number of hydrogen-bond acceptors (Lipinski definition) is 3. The minimum atomic E-state index is -3.01. The van der Waals surface area contributed by atoms with E-state index in [1.807, 2.05) is 24.3 Å². The lowest BCUT2D eigenvalue weighted by Gasteiger charge is -2.45. The quantitative estimate of drug-likeness (QED) is 0.143. The maximum Gasteiger partial charge on any atom is 0.184 e. The second kappa shape index (κ2) is 15.9. The zero-order valence-corrected chi connectivity index (χ0v) is 35.0. The molecule has 1 aliphatic heterocycles. The Hall–Kier alpha value is -7.92. The third-order valence-corrected chi connectivity index (χ3v) is 17.0. The van der Waals surface area contributed by atoms with E-state index in [1.54, 1.807) is 0 Å². The fraction of sp³-hybridized carbons (Fsp3) is 0. The van der Waals surface area contributed by atoms with Crippen molar-refractivity contribution >= 4 is 45.9 Å². The van der Waals surface area contributed by atoms with Crippen LogP contribution >= 0.6 is 0 Å². The predicted molar refractivity (Wildman–Crippen MR) is 261 cm³/mol. The molecule has 0 radical (unpaired) electrons. The molecular weight excluding hydrogens is 767 g/mol. The van der Waals surface area contributed by atoms with Crippen molar-refractivity contribution in [2.24, 2.45) is 0 Å². The number of aromatic nitrogens is 2. The molecule has 0 saturated carbocycles. The van der Waals surface area contributed by atoms with Crippen molar-refractivity contribution in [3.63, 3.8) is 0 Å². The lowest BCUT2D eigenvalue weighted by molar-refractivity contribution is 1.18. The summed E-state index contributed by atoms with van der Waals surface area (Å²) in [6, 6.07) is 90.1. The van der Waals surface area contributed by atoms with Crippen molar-refractivity contribution in [2.75, 3.05) is 4.90 Å². The van der Waals surface area contributed by atoms with Crippen molar-refractivity contribution in [2.45, 2.75) is 0 Å². The zero-order valence-electron chi connectivity index (χ0n) is 34.0. The molecule has 9 aromatic carbocycles. The van der Waals surface area contributed by atoms with Gasteiger partial charge < -0.3 is 4.90 Å². The molecule has 0 spiro atoms. The summed E-state index contributed by atoms with van der Waals surface area (Å²) in [4.78, 5) is 12.8. The van der Waals surface area contributed by atoms with E-state index in [9.17, 15) is 0 Å². The third kappa shape index (κ3) is 6.54. The van der Waals surface area contributed by atoms with Gasteiger partial charge >= 0.3 is 0 Å². The monoisotopic (exact) mass is 807 g/mol. The van der Waals surface area contributed by atoms with Gasteiger partial charge in [0.1, 0.15) is 0 Å². The average Bonchev–Trinajstić information content (AvgIpc) is 3.37. The number of benzene rings is 9. The highest BCUT2D eigenvalue weighted by Crippen LogP contribution is 2.42. The molecule has 11 rings (SSSR count). The fourth-order valence-electron chi connectivity index (χ4n) is 9.27. The van der Waals surface area contributed by atoms with E-state index < -0.39 is 8.07 Å². The normalized spacial score (nSPS) is 12.6. The summed E-state index contributed by atoms with van der Waals surface area (Å²) >= 11 is 0. The smallest absolute Gasteiger partial charge is 0.184 e. The van der Waals surface area contributed by atoms with Crippen LogP contribution < -0.4 is 25.6 Å². The molecule has 2 heterocycles. The zero-order chi connectivity index (χ0) is 41.3. The van der Waals surface area contributed by atoms with Gasteiger partial charge in [0.25, 0.3) is 0 Å². The Labute approximate surface area is 364 Å². The minimum Gasteiger partial charge on any atom is -0.311 e. The molecule has 0 atom stereocenters. The first-order chi connectivity index (χ1) is 30.7. The van der Waals surface area contributed by atoms with Crippen molar-refractivity contribution in [3.05, 3.63) is 249 Å². The van der Waals surface area contributed by atoms with Crippen molar-refractivity contribution in [3.8, 4) is 56.2 Å². The molecule has 62 heavy (non-hydrogen) atoms. The van der Waals surface area contributed by atoms with E-state index in [1.165, 1.54) is 54.4 Å². The van der Waals surface area contributed by atoms with Crippen LogP contribution in [0.2, 0.25) is 0 Å². The first kappa shape index (κ1) is 37.1. The first-order valence-corrected chi connectivity index (χ1v) is 23.2. The van der Waals surface area contributed by atoms with Gasteiger partial charge in [-0.05, 0) is 73.3 Å². The van der Waals surface area contributed by atoms with Crippen LogP contribution in [0.15, 0.2) is 249 Å². The Morgan fingerprint density at radius 2 is 0.694 bits per heavy atom. The maximum atomic E-state index is 5.24. The lowest BCUT2D eigenvalue weighted by atomic mass is 10.0. The molecule has 1 aliphatic rings. The average molecular weight is 808 g/mol. The second-order valence-electron chi connectivity index (χ2n) is 15.8. The van der Waals surface area contributed by atoms with Gasteiger partial charge in [-0.3, -0.25) is 0 Å². The molecule has 0 saturated heterocycles. The van der Waals surface area contributed by atoms with Crippen molar-refractivity contribution < 1.29 is 0 Å². The van der Waals surface area contributed by atoms with Gasteiger partial charge in [-0.25, -0.2) is 9.97 Å². The Morgan fingerprint density at radius 1 is 0.290 bits per heavy atom. The number of anilines is 3. The number of rotatable bonds is 8. The highest BCUT2D eigenvalue weighted by Gasteiger charge is 2.49. The summed E-state index contributed by atoms with van der Waals surface area (Å²) in [5.41, 5.74) is 13.0. The van der Waals surface area contributed by atoms with Gasteiger partial charge in [0.2, 0.25) is 0 Å². The third-order valence-electron chi connectivity index (χ3n) is 12.1. The molecule has 3 nitrogen and oxygen atoms in total. The molecule has 0 fully saturated rings. The van der Waals surface area contributed by atoms with E-state index in [0.29, 0.717) is 5.82 Å². The Kier molecular flexibility index (Phi) is 9.53. The van der Waals surface area contributed by atoms with E-state index >= 15 is 0 Å². The Balaban J connectivity index is 1.19. The van der Waals surface area contributed by atoms with Crippen LogP contribution in [0.4, 0.5) is 17.1 Å². The molecule has 10 aromatic rings. The van der Waals surface area contributed by atoms with Gasteiger partial charge in [-0.1, -0.05) is 218 Å². The summed E-state index contributed by atoms with van der Waals surface area (Å²) in [7, 11) is -3.01. The van der Waals surface area contributed by atoms with Crippen LogP contribution in [0.25, 0.3) is 56.2 Å². The van der Waals surface area contributed by atoms with E-state index in [-0.39, 0.29) is 0 Å². The largest absolute Gasteiger partial charge is 0.311 e. The maximum absolute atomic E-state index is 5.24. The van der Waals surface area contributed by atoms with Crippen LogP contribution in [0.1, 0.15) is 0 Å². The van der Waals surface area contributed by atoms with E-state index in [2.05, 4.69) is 229 Å². The van der Waals surface area contributed by atoms with Crippen molar-refractivity contribution in [1.29, 1.82) is 0 Å². The standard InChI is InChI=1S/C58H41N3Si/c1-7-20-42(21-8-1)46-34-36-54-56(39-46)62(50-30-15-5-16-31-50,51-32-17-6-18-33-51)57-40-47(43-22-9-2-10-23-43)35-37-55(57)61(54)49-29-19-28-48(38-49)53-41-52(44-24-11-3-12-25-44)59-58(60-53)45-26-13-4-14-27-45/h1-41H. The summed E-state index contributed by atoms with van der Waals surface area (Å²) in [6.07, 6.45) is 0. The van der Waals surface area contributed by atoms with Gasteiger partial charge in [-0.2, -0.15) is 0 Å². The molecule has 0 aliphatic carbocycles. The summed E-state index contributed by atoms with van der Waals surface area (Å²) < 4.78 is 0. The van der Waals surface area contributed by atoms with Crippen LogP contribution in [0.5, 0.6) is 0 Å². The van der Waals surface area contributed by atoms with Crippen LogP contribution in [0.3, 0.4) is 0 Å². The summed E-state index contributed by atoms with van der Waals surface area (Å²) in [5, 5.41) is 5.39. The summed E-state index contributed by atoms with van der Waals surface area (Å²) in [6.45, 7) is 0. The molecule has 0 unspecified atom stereocenters.